The van der Waals surface area contributed by atoms with E-state index in [9.17, 15) is 13.2 Å². The molecule has 5 atom stereocenters. The van der Waals surface area contributed by atoms with E-state index in [0.717, 1.165) is 87.2 Å². The maximum Gasteiger partial charge on any atom is 0.337 e. The van der Waals surface area contributed by atoms with Gasteiger partial charge in [-0.25, -0.2) is 4.79 Å². The molecule has 8 nitrogen and oxygen atoms in total. The molecule has 3 aliphatic carbocycles. The number of halogens is 1. The third kappa shape index (κ3) is 6.92. The first-order valence-corrected chi connectivity index (χ1v) is 18.2. The molecule has 2 aromatic carbocycles. The molecule has 45 heavy (non-hydrogen) atoms. The van der Waals surface area contributed by atoms with Gasteiger partial charge in [0.2, 0.25) is 0 Å². The summed E-state index contributed by atoms with van der Waals surface area (Å²) < 4.78 is 45.9. The second-order valence-electron chi connectivity index (χ2n) is 13.3. The predicted molar refractivity (Wildman–Crippen MR) is 175 cm³/mol. The first-order valence-electron chi connectivity index (χ1n) is 16.0. The number of allylic oxidation sites excluding steroid dienone is 1. The summed E-state index contributed by atoms with van der Waals surface area (Å²) in [5.41, 5.74) is 5.16. The van der Waals surface area contributed by atoms with Gasteiger partial charge in [-0.1, -0.05) is 23.7 Å². The summed E-state index contributed by atoms with van der Waals surface area (Å²) in [5, 5.41) is 0.761. The normalized spacial score (nSPS) is 26.9. The van der Waals surface area contributed by atoms with Gasteiger partial charge in [0.15, 0.2) is 0 Å². The molecule has 0 saturated heterocycles. The molecule has 1 aliphatic heterocycles. The van der Waals surface area contributed by atoms with Crippen molar-refractivity contribution in [3.63, 3.8) is 0 Å². The smallest absolute Gasteiger partial charge is 0.337 e. The zero-order valence-corrected chi connectivity index (χ0v) is 28.0. The largest absolute Gasteiger partial charge is 0.490 e. The molecule has 0 unspecified atom stereocenters. The number of carbonyl (C=O) groups is 1. The number of aryl methyl sites for hydroxylation is 1. The van der Waals surface area contributed by atoms with Crippen molar-refractivity contribution >= 4 is 33.4 Å². The van der Waals surface area contributed by atoms with Crippen LogP contribution in [0.4, 0.5) is 5.69 Å². The molecule has 6 rings (SSSR count). The molecule has 2 aromatic rings. The summed E-state index contributed by atoms with van der Waals surface area (Å²) in [6.07, 6.45) is 11.2. The SMILES string of the molecule is COC(=O)c1ccc2c(c1)N(C[C@@H]1CC[C@H]1[C@@H](OC)C1=CC[C@H](COS(C)(=O)=O)CC1)C[C@@]1(CCCc3cc(Cl)ccc31)CO2. The molecular formula is C35H44ClNO7S. The van der Waals surface area contributed by atoms with Crippen LogP contribution in [0, 0.1) is 17.8 Å². The summed E-state index contributed by atoms with van der Waals surface area (Å²) in [6.45, 7) is 2.40. The van der Waals surface area contributed by atoms with Crippen molar-refractivity contribution in [3.8, 4) is 5.75 Å². The fourth-order valence-corrected chi connectivity index (χ4v) is 8.64. The molecule has 1 heterocycles. The topological polar surface area (TPSA) is 91.4 Å². The van der Waals surface area contributed by atoms with Crippen molar-refractivity contribution in [1.29, 1.82) is 0 Å². The fraction of sp³-hybridized carbons (Fsp3) is 0.571. The van der Waals surface area contributed by atoms with Crippen LogP contribution in [-0.4, -0.2) is 67.3 Å². The molecule has 0 N–H and O–H groups in total. The van der Waals surface area contributed by atoms with Crippen molar-refractivity contribution < 1.29 is 31.6 Å². The summed E-state index contributed by atoms with van der Waals surface area (Å²) >= 11 is 6.43. The lowest BCUT2D eigenvalue weighted by molar-refractivity contribution is 0.00284. The quantitative estimate of drug-likeness (QED) is 0.175. The first-order chi connectivity index (χ1) is 21.6. The van der Waals surface area contributed by atoms with Crippen LogP contribution in [-0.2, 0) is 35.6 Å². The van der Waals surface area contributed by atoms with Gasteiger partial charge in [-0.15, -0.1) is 0 Å². The minimum Gasteiger partial charge on any atom is -0.490 e. The van der Waals surface area contributed by atoms with E-state index in [1.54, 1.807) is 13.2 Å². The minimum absolute atomic E-state index is 0.0242. The summed E-state index contributed by atoms with van der Waals surface area (Å²) in [5.74, 6) is 1.40. The number of esters is 1. The molecule has 4 aliphatic rings. The highest BCUT2D eigenvalue weighted by molar-refractivity contribution is 7.85. The zero-order chi connectivity index (χ0) is 31.8. The van der Waals surface area contributed by atoms with Crippen LogP contribution in [0.25, 0.3) is 0 Å². The van der Waals surface area contributed by atoms with Gasteiger partial charge in [-0.2, -0.15) is 8.42 Å². The third-order valence-corrected chi connectivity index (χ3v) is 11.3. The van der Waals surface area contributed by atoms with Crippen LogP contribution >= 0.6 is 11.6 Å². The lowest BCUT2D eigenvalue weighted by atomic mass is 9.66. The number of rotatable bonds is 9. The van der Waals surface area contributed by atoms with Crippen LogP contribution in [0.1, 0.15) is 66.4 Å². The Labute approximate surface area is 272 Å². The fourth-order valence-electron chi connectivity index (χ4n) is 8.00. The number of methoxy groups -OCH3 is 2. The molecule has 10 heteroatoms. The first kappa shape index (κ1) is 32.4. The number of carbonyl (C=O) groups excluding carboxylic acids is 1. The van der Waals surface area contributed by atoms with E-state index in [4.69, 9.17) is 30.0 Å². The zero-order valence-electron chi connectivity index (χ0n) is 26.4. The Hall–Kier alpha value is -2.59. The standard InChI is InChI=1S/C35H44ClNO7S/c1-41-33(24-8-6-23(7-9-24)20-44-45(3,39)40)29-13-10-27(29)19-37-21-35(16-4-5-25-17-28(36)12-14-30(25)35)22-43-32-15-11-26(18-31(32)37)34(38)42-2/h8,11-12,14-15,17-18,23,27,29,33H,4-7,9-10,13,16,19-22H2,1-3H3/t23-,27-,29+,33-,35-/m0/s1. The predicted octanol–water partition coefficient (Wildman–Crippen LogP) is 6.34. The Morgan fingerprint density at radius 2 is 1.98 bits per heavy atom. The molecular weight excluding hydrogens is 614 g/mol. The maximum atomic E-state index is 12.6. The molecule has 1 spiro atoms. The van der Waals surface area contributed by atoms with E-state index >= 15 is 0 Å². The Morgan fingerprint density at radius 3 is 2.67 bits per heavy atom. The number of anilines is 1. The van der Waals surface area contributed by atoms with Gasteiger partial charge in [0, 0.05) is 30.6 Å². The monoisotopic (exact) mass is 657 g/mol. The average molecular weight is 658 g/mol. The van der Waals surface area contributed by atoms with Gasteiger partial charge in [-0.3, -0.25) is 4.18 Å². The highest BCUT2D eigenvalue weighted by Gasteiger charge is 2.45. The number of hydrogen-bond acceptors (Lipinski definition) is 8. The summed E-state index contributed by atoms with van der Waals surface area (Å²) in [4.78, 5) is 15.0. The van der Waals surface area contributed by atoms with Crippen LogP contribution < -0.4 is 9.64 Å². The van der Waals surface area contributed by atoms with Crippen molar-refractivity contribution in [2.24, 2.45) is 17.8 Å². The average Bonchev–Trinajstić information content (AvgIpc) is 3.17. The van der Waals surface area contributed by atoms with Crippen LogP contribution in [0.2, 0.25) is 5.02 Å². The Kier molecular flexibility index (Phi) is 9.53. The summed E-state index contributed by atoms with van der Waals surface area (Å²) in [7, 11) is -0.229. The van der Waals surface area contributed by atoms with Crippen molar-refractivity contribution in [3.05, 3.63) is 69.8 Å². The second kappa shape index (κ2) is 13.3. The van der Waals surface area contributed by atoms with Gasteiger partial charge in [-0.05, 0) is 116 Å². The van der Waals surface area contributed by atoms with Gasteiger partial charge in [0.05, 0.1) is 43.9 Å². The third-order valence-electron chi connectivity index (χ3n) is 10.5. The van der Waals surface area contributed by atoms with E-state index in [1.807, 2.05) is 18.2 Å². The van der Waals surface area contributed by atoms with Gasteiger partial charge in [0.1, 0.15) is 5.75 Å². The number of benzene rings is 2. The molecule has 0 bridgehead atoms. The highest BCUT2D eigenvalue weighted by Crippen LogP contribution is 2.48. The van der Waals surface area contributed by atoms with E-state index in [-0.39, 0.29) is 30.0 Å². The Balaban J connectivity index is 1.26. The van der Waals surface area contributed by atoms with Crippen molar-refractivity contribution in [2.75, 3.05) is 51.7 Å². The Bertz CT molecular complexity index is 1560. The van der Waals surface area contributed by atoms with Crippen LogP contribution in [0.3, 0.4) is 0 Å². The van der Waals surface area contributed by atoms with Gasteiger partial charge in [0.25, 0.3) is 10.1 Å². The van der Waals surface area contributed by atoms with E-state index in [2.05, 4.69) is 23.1 Å². The van der Waals surface area contributed by atoms with E-state index in [0.29, 0.717) is 24.0 Å². The number of fused-ring (bicyclic) bond motifs is 3. The number of hydrogen-bond donors (Lipinski definition) is 0. The lowest BCUT2D eigenvalue weighted by Crippen LogP contribution is -2.50. The molecule has 0 amide bonds. The van der Waals surface area contributed by atoms with E-state index in [1.165, 1.54) is 23.8 Å². The van der Waals surface area contributed by atoms with Crippen molar-refractivity contribution in [1.82, 2.24) is 0 Å². The molecule has 1 saturated carbocycles. The number of ether oxygens (including phenoxy) is 3. The van der Waals surface area contributed by atoms with E-state index < -0.39 is 10.1 Å². The Morgan fingerprint density at radius 1 is 1.13 bits per heavy atom. The number of nitrogens with zero attached hydrogens (tertiary/aromatic N) is 1. The molecule has 1 fully saturated rings. The summed E-state index contributed by atoms with van der Waals surface area (Å²) in [6, 6.07) is 11.9. The lowest BCUT2D eigenvalue weighted by Gasteiger charge is -2.47. The molecule has 244 valence electrons. The van der Waals surface area contributed by atoms with Gasteiger partial charge >= 0.3 is 5.97 Å². The highest BCUT2D eigenvalue weighted by atomic mass is 35.5. The molecule has 0 radical (unpaired) electrons. The second-order valence-corrected chi connectivity index (χ2v) is 15.4. The van der Waals surface area contributed by atoms with Crippen molar-refractivity contribution in [2.45, 2.75) is 62.9 Å². The minimum atomic E-state index is -3.44. The van der Waals surface area contributed by atoms with Crippen LogP contribution in [0.5, 0.6) is 5.75 Å². The van der Waals surface area contributed by atoms with Gasteiger partial charge < -0.3 is 19.1 Å². The van der Waals surface area contributed by atoms with Crippen LogP contribution in [0.15, 0.2) is 48.0 Å². The molecule has 0 aromatic heterocycles. The maximum absolute atomic E-state index is 12.6.